The Balaban J connectivity index is 2.01. The quantitative estimate of drug-likeness (QED) is 0.434. The van der Waals surface area contributed by atoms with E-state index < -0.39 is 5.57 Å². The van der Waals surface area contributed by atoms with Crippen molar-refractivity contribution >= 4 is 17.3 Å². The Kier molecular flexibility index (Phi) is 5.33. The summed E-state index contributed by atoms with van der Waals surface area (Å²) in [6.45, 7) is 2.04. The van der Waals surface area contributed by atoms with Crippen LogP contribution in [0, 0.1) is 0 Å². The summed E-state index contributed by atoms with van der Waals surface area (Å²) in [5.41, 5.74) is -1.61. The normalized spacial score (nSPS) is 12.1. The second kappa shape index (κ2) is 7.22. The molecule has 116 valence electrons. The summed E-state index contributed by atoms with van der Waals surface area (Å²) in [6, 6.07) is 15.6. The van der Waals surface area contributed by atoms with E-state index in [2.05, 4.69) is 9.89 Å². The highest BCUT2D eigenvalue weighted by atomic mass is 35.5. The van der Waals surface area contributed by atoms with E-state index in [4.69, 9.17) is 16.4 Å². The van der Waals surface area contributed by atoms with E-state index in [1.165, 1.54) is 12.1 Å². The Hall–Kier alpha value is -2.14. The molecule has 2 rings (SSSR count). The molecule has 0 fully saturated rings. The first-order chi connectivity index (χ1) is 10.4. The SMILES string of the molecule is CC(=NOCc1ccccc1)c1cccc(OC(F)(F)Cl)c1. The first-order valence-electron chi connectivity index (χ1n) is 6.51. The van der Waals surface area contributed by atoms with Gasteiger partial charge in [-0.1, -0.05) is 47.6 Å². The molecule has 0 saturated heterocycles. The predicted octanol–water partition coefficient (Wildman–Crippen LogP) is 4.80. The lowest BCUT2D eigenvalue weighted by Crippen LogP contribution is -2.15. The van der Waals surface area contributed by atoms with Crippen LogP contribution < -0.4 is 4.74 Å². The maximum Gasteiger partial charge on any atom is 0.487 e. The molecule has 0 unspecified atom stereocenters. The fourth-order valence-electron chi connectivity index (χ4n) is 1.75. The van der Waals surface area contributed by atoms with Crippen molar-refractivity contribution in [3.05, 3.63) is 65.7 Å². The molecule has 0 atom stereocenters. The summed E-state index contributed by atoms with van der Waals surface area (Å²) >= 11 is 4.74. The molecule has 0 bridgehead atoms. The number of halogens is 3. The summed E-state index contributed by atoms with van der Waals surface area (Å²) in [7, 11) is 0. The molecule has 0 aliphatic rings. The second-order valence-electron chi connectivity index (χ2n) is 4.51. The number of ether oxygens (including phenoxy) is 1. The van der Waals surface area contributed by atoms with Gasteiger partial charge in [0.05, 0.1) is 5.71 Å². The minimum atomic E-state index is -3.74. The van der Waals surface area contributed by atoms with E-state index in [0.717, 1.165) is 5.56 Å². The lowest BCUT2D eigenvalue weighted by molar-refractivity contribution is -0.0964. The van der Waals surface area contributed by atoms with Gasteiger partial charge in [0.15, 0.2) is 0 Å². The van der Waals surface area contributed by atoms with Crippen LogP contribution in [0.5, 0.6) is 5.75 Å². The standard InChI is InChI=1S/C16H14ClF2NO2/c1-12(20-21-11-13-6-3-2-4-7-13)14-8-5-9-15(10-14)22-16(17,18)19/h2-10H,11H2,1H3. The van der Waals surface area contributed by atoms with Crippen molar-refractivity contribution in [2.45, 2.75) is 19.1 Å². The third-order valence-corrected chi connectivity index (χ3v) is 2.84. The molecule has 0 saturated carbocycles. The van der Waals surface area contributed by atoms with Gasteiger partial charge in [-0.25, -0.2) is 0 Å². The van der Waals surface area contributed by atoms with Crippen molar-refractivity contribution in [2.75, 3.05) is 0 Å². The van der Waals surface area contributed by atoms with Gasteiger partial charge >= 0.3 is 5.57 Å². The van der Waals surface area contributed by atoms with Gasteiger partial charge in [-0.3, -0.25) is 0 Å². The number of hydrogen-bond acceptors (Lipinski definition) is 3. The van der Waals surface area contributed by atoms with Gasteiger partial charge in [0.25, 0.3) is 0 Å². The molecule has 0 amide bonds. The van der Waals surface area contributed by atoms with Gasteiger partial charge in [0.1, 0.15) is 12.4 Å². The van der Waals surface area contributed by atoms with Crippen LogP contribution in [0.25, 0.3) is 0 Å². The highest BCUT2D eigenvalue weighted by Crippen LogP contribution is 2.25. The molecule has 6 heteroatoms. The molecule has 22 heavy (non-hydrogen) atoms. The van der Waals surface area contributed by atoms with E-state index in [0.29, 0.717) is 17.9 Å². The molecular weight excluding hydrogens is 312 g/mol. The average molecular weight is 326 g/mol. The molecule has 0 aliphatic carbocycles. The van der Waals surface area contributed by atoms with Crippen LogP contribution in [0.15, 0.2) is 59.8 Å². The zero-order valence-corrected chi connectivity index (χ0v) is 12.6. The van der Waals surface area contributed by atoms with Gasteiger partial charge in [-0.05, 0) is 24.6 Å². The first-order valence-corrected chi connectivity index (χ1v) is 6.88. The number of rotatable bonds is 6. The van der Waals surface area contributed by atoms with E-state index in [9.17, 15) is 8.78 Å². The van der Waals surface area contributed by atoms with E-state index in [1.54, 1.807) is 19.1 Å². The Bertz CT molecular complexity index is 642. The molecule has 2 aromatic rings. The Labute approximate surface area is 132 Å². The van der Waals surface area contributed by atoms with Crippen molar-refractivity contribution in [2.24, 2.45) is 5.16 Å². The zero-order valence-electron chi connectivity index (χ0n) is 11.8. The van der Waals surface area contributed by atoms with Crippen molar-refractivity contribution in [3.63, 3.8) is 0 Å². The van der Waals surface area contributed by atoms with E-state index >= 15 is 0 Å². The van der Waals surface area contributed by atoms with Gasteiger partial charge in [-0.15, -0.1) is 8.78 Å². The van der Waals surface area contributed by atoms with Crippen LogP contribution in [0.2, 0.25) is 0 Å². The summed E-state index contributed by atoms with van der Waals surface area (Å²) < 4.78 is 29.5. The first kappa shape index (κ1) is 16.2. The minimum Gasteiger partial charge on any atom is -0.420 e. The van der Waals surface area contributed by atoms with Crippen LogP contribution in [-0.2, 0) is 11.4 Å². The smallest absolute Gasteiger partial charge is 0.420 e. The second-order valence-corrected chi connectivity index (χ2v) is 4.95. The van der Waals surface area contributed by atoms with Crippen LogP contribution in [0.1, 0.15) is 18.1 Å². The molecule has 3 nitrogen and oxygen atoms in total. The topological polar surface area (TPSA) is 30.8 Å². The molecule has 0 heterocycles. The maximum atomic E-state index is 12.6. The van der Waals surface area contributed by atoms with Gasteiger partial charge in [0, 0.05) is 17.2 Å². The van der Waals surface area contributed by atoms with Crippen LogP contribution in [0.3, 0.4) is 0 Å². The lowest BCUT2D eigenvalue weighted by atomic mass is 10.1. The van der Waals surface area contributed by atoms with Gasteiger partial charge < -0.3 is 9.57 Å². The monoisotopic (exact) mass is 325 g/mol. The lowest BCUT2D eigenvalue weighted by Gasteiger charge is -2.11. The predicted molar refractivity (Wildman–Crippen MR) is 81.3 cm³/mol. The highest BCUT2D eigenvalue weighted by molar-refractivity contribution is 6.20. The third kappa shape index (κ3) is 5.33. The average Bonchev–Trinajstić information content (AvgIpc) is 2.47. The number of hydrogen-bond donors (Lipinski definition) is 0. The molecule has 0 spiro atoms. The molecular formula is C16H14ClF2NO2. The van der Waals surface area contributed by atoms with Crippen LogP contribution in [0.4, 0.5) is 8.78 Å². The molecule has 0 N–H and O–H groups in total. The van der Waals surface area contributed by atoms with Crippen molar-refractivity contribution in [3.8, 4) is 5.75 Å². The molecule has 2 aromatic carbocycles. The number of nitrogens with zero attached hydrogens (tertiary/aromatic N) is 1. The van der Waals surface area contributed by atoms with Gasteiger partial charge in [-0.2, -0.15) is 0 Å². The minimum absolute atomic E-state index is 0.0462. The number of oxime groups is 1. The molecule has 0 radical (unpaired) electrons. The fourth-order valence-corrected chi connectivity index (χ4v) is 1.84. The Morgan fingerprint density at radius 1 is 1.14 bits per heavy atom. The summed E-state index contributed by atoms with van der Waals surface area (Å²) in [6.07, 6.45) is 0. The third-order valence-electron chi connectivity index (χ3n) is 2.76. The maximum absolute atomic E-state index is 12.6. The molecule has 0 aromatic heterocycles. The highest BCUT2D eigenvalue weighted by Gasteiger charge is 2.27. The fraction of sp³-hybridized carbons (Fsp3) is 0.188. The molecule has 0 aliphatic heterocycles. The summed E-state index contributed by atoms with van der Waals surface area (Å²) in [4.78, 5) is 5.25. The van der Waals surface area contributed by atoms with Crippen LogP contribution in [-0.4, -0.2) is 11.3 Å². The summed E-state index contributed by atoms with van der Waals surface area (Å²) in [5.74, 6) is -0.0462. The number of alkyl halides is 3. The van der Waals surface area contributed by atoms with Crippen molar-refractivity contribution < 1.29 is 18.4 Å². The van der Waals surface area contributed by atoms with E-state index in [1.807, 2.05) is 30.3 Å². The summed E-state index contributed by atoms with van der Waals surface area (Å²) in [5, 5.41) is 3.97. The van der Waals surface area contributed by atoms with Gasteiger partial charge in [0.2, 0.25) is 0 Å². The Morgan fingerprint density at radius 3 is 2.55 bits per heavy atom. The largest absolute Gasteiger partial charge is 0.487 e. The zero-order chi connectivity index (χ0) is 16.0. The van der Waals surface area contributed by atoms with Crippen LogP contribution >= 0.6 is 11.6 Å². The van der Waals surface area contributed by atoms with Crippen molar-refractivity contribution in [1.29, 1.82) is 0 Å². The Morgan fingerprint density at radius 2 is 1.86 bits per heavy atom. The van der Waals surface area contributed by atoms with E-state index in [-0.39, 0.29) is 5.75 Å². The van der Waals surface area contributed by atoms with Crippen molar-refractivity contribution in [1.82, 2.24) is 0 Å². The number of benzene rings is 2.